The molecule has 10 N–H and O–H groups in total. The van der Waals surface area contributed by atoms with Crippen LogP contribution in [0.2, 0.25) is 0 Å². The first-order valence-corrected chi connectivity index (χ1v) is 19.3. The van der Waals surface area contributed by atoms with Crippen LogP contribution in [0.15, 0.2) is 24.3 Å². The molecule has 1 aromatic rings. The highest BCUT2D eigenvalue weighted by Crippen LogP contribution is 2.53. The zero-order valence-electron chi connectivity index (χ0n) is 29.3. The number of ketones is 1. The molecule has 7 rings (SSSR count). The minimum absolute atomic E-state index is 0.0669. The van der Waals surface area contributed by atoms with Crippen LogP contribution in [0.1, 0.15) is 30.1 Å². The number of carbonyl (C=O) groups is 2. The highest BCUT2D eigenvalue weighted by Gasteiger charge is 2.75. The van der Waals surface area contributed by atoms with Gasteiger partial charge in [0.15, 0.2) is 18.2 Å². The fourth-order valence-electron chi connectivity index (χ4n) is 8.39. The maximum absolute atomic E-state index is 14.1. The van der Waals surface area contributed by atoms with Crippen molar-refractivity contribution < 1.29 is 98.0 Å². The highest BCUT2D eigenvalue weighted by molar-refractivity contribution is 7.86. The lowest BCUT2D eigenvalue weighted by molar-refractivity contribution is -0.372. The van der Waals surface area contributed by atoms with Crippen LogP contribution in [-0.2, 0) is 48.8 Å². The molecule has 0 bridgehead atoms. The van der Waals surface area contributed by atoms with Gasteiger partial charge in [-0.3, -0.25) is 9.00 Å². The van der Waals surface area contributed by atoms with Crippen molar-refractivity contribution in [3.63, 3.8) is 0 Å². The zero-order valence-corrected chi connectivity index (χ0v) is 30.1. The first-order chi connectivity index (χ1) is 26.0. The van der Waals surface area contributed by atoms with E-state index in [4.69, 9.17) is 33.2 Å². The predicted octanol–water partition coefficient (Wildman–Crippen LogP) is -5.11. The number of carbonyl (C=O) groups excluding carboxylic acids is 2. The van der Waals surface area contributed by atoms with Crippen LogP contribution >= 0.6 is 0 Å². The van der Waals surface area contributed by atoms with Crippen molar-refractivity contribution in [2.75, 3.05) is 25.6 Å². The zero-order chi connectivity index (χ0) is 39.7. The van der Waals surface area contributed by atoms with Gasteiger partial charge in [0.25, 0.3) is 0 Å². The summed E-state index contributed by atoms with van der Waals surface area (Å²) in [5.41, 5.74) is -2.48. The number of aliphatic hydroxyl groups is 9. The molecule has 1 spiro atoms. The molecule has 1 aromatic carbocycles. The van der Waals surface area contributed by atoms with E-state index >= 15 is 0 Å². The van der Waals surface area contributed by atoms with Crippen molar-refractivity contribution in [1.82, 2.24) is 0 Å². The Balaban J connectivity index is 1.11. The topological polar surface area (TPSA) is 318 Å². The number of benzene rings is 1. The molecule has 0 aromatic heterocycles. The van der Waals surface area contributed by atoms with Crippen molar-refractivity contribution in [2.45, 2.75) is 122 Å². The Labute approximate surface area is 315 Å². The maximum Gasteiger partial charge on any atom is 0.338 e. The van der Waals surface area contributed by atoms with Gasteiger partial charge in [-0.2, -0.15) is 0 Å². The van der Waals surface area contributed by atoms with Gasteiger partial charge in [0.2, 0.25) is 11.6 Å². The summed E-state index contributed by atoms with van der Waals surface area (Å²) in [6.07, 6.45) is -23.5. The van der Waals surface area contributed by atoms with E-state index < -0.39 is 150 Å². The number of aliphatic hydroxyl groups excluding tert-OH is 8. The molecule has 1 aliphatic carbocycles. The summed E-state index contributed by atoms with van der Waals surface area (Å²) in [5, 5.41) is 104. The van der Waals surface area contributed by atoms with Gasteiger partial charge in [-0.25, -0.2) is 4.79 Å². The second kappa shape index (κ2) is 15.5. The fourth-order valence-corrected chi connectivity index (χ4v) is 10.5. The molecule has 6 fully saturated rings. The van der Waals surface area contributed by atoms with Gasteiger partial charge < -0.3 is 84.2 Å². The van der Waals surface area contributed by atoms with Crippen LogP contribution in [0.5, 0.6) is 5.75 Å². The molecule has 308 valence electrons. The number of ether oxygens (including phenoxy) is 7. The summed E-state index contributed by atoms with van der Waals surface area (Å²) in [6, 6.07) is 5.31. The van der Waals surface area contributed by atoms with Crippen molar-refractivity contribution in [2.24, 2.45) is 11.8 Å². The molecule has 5 saturated heterocycles. The molecule has 20 atom stereocenters. The Kier molecular flexibility index (Phi) is 11.5. The Bertz CT molecular complexity index is 1600. The molecular formula is C34H46O20S. The third-order valence-electron chi connectivity index (χ3n) is 11.6. The molecule has 5 aliphatic heterocycles. The molecule has 1 saturated carbocycles. The van der Waals surface area contributed by atoms with E-state index in [1.54, 1.807) is 6.92 Å². The van der Waals surface area contributed by atoms with E-state index in [1.807, 2.05) is 0 Å². The molecule has 55 heavy (non-hydrogen) atoms. The first kappa shape index (κ1) is 40.9. The number of aromatic hydroxyl groups is 1. The van der Waals surface area contributed by atoms with Gasteiger partial charge in [-0.05, 0) is 30.7 Å². The minimum Gasteiger partial charge on any atom is -0.508 e. The summed E-state index contributed by atoms with van der Waals surface area (Å²) in [7, 11) is -1.92. The SMILES string of the molecule is CC1COC2(CC1OC(=O)c1ccc(O)cc1)OC1C3C(CC(O)C1(O)C2=O)C(OC1OC(CO)C(O)C(O)C1OC1OC(CO)C(O)C(O)C1O)CS3=O. The fraction of sp³-hybridized carbons (Fsp3) is 0.765. The molecule has 21 heteroatoms. The molecule has 0 amide bonds. The Hall–Kier alpha value is -2.29. The maximum atomic E-state index is 14.1. The lowest BCUT2D eigenvalue weighted by atomic mass is 9.70. The Morgan fingerprint density at radius 3 is 2.18 bits per heavy atom. The molecule has 5 heterocycles. The van der Waals surface area contributed by atoms with Gasteiger partial charge >= 0.3 is 5.97 Å². The third kappa shape index (κ3) is 6.94. The summed E-state index contributed by atoms with van der Waals surface area (Å²) in [5.74, 6) is -5.70. The number of phenols is 1. The van der Waals surface area contributed by atoms with Crippen LogP contribution in [0.4, 0.5) is 0 Å². The second-order valence-electron chi connectivity index (χ2n) is 15.0. The van der Waals surface area contributed by atoms with E-state index in [-0.39, 0.29) is 36.5 Å². The average molecular weight is 807 g/mol. The predicted molar refractivity (Wildman–Crippen MR) is 177 cm³/mol. The van der Waals surface area contributed by atoms with E-state index in [9.17, 15) is 64.9 Å². The Morgan fingerprint density at radius 1 is 0.891 bits per heavy atom. The number of esters is 1. The number of hydrogen-bond acceptors (Lipinski definition) is 20. The van der Waals surface area contributed by atoms with Gasteiger partial charge in [-0.15, -0.1) is 0 Å². The highest BCUT2D eigenvalue weighted by atomic mass is 32.2. The smallest absolute Gasteiger partial charge is 0.338 e. The number of Topliss-reactive ketones (excluding diaryl/α,β-unsaturated/α-hetero) is 1. The van der Waals surface area contributed by atoms with Crippen LogP contribution in [0.25, 0.3) is 0 Å². The summed E-state index contributed by atoms with van der Waals surface area (Å²) in [4.78, 5) is 27.1. The van der Waals surface area contributed by atoms with Crippen molar-refractivity contribution in [1.29, 1.82) is 0 Å². The molecule has 6 aliphatic rings. The van der Waals surface area contributed by atoms with Gasteiger partial charge in [0.1, 0.15) is 66.8 Å². The van der Waals surface area contributed by atoms with E-state index in [0.717, 1.165) is 0 Å². The van der Waals surface area contributed by atoms with Gasteiger partial charge in [-0.1, -0.05) is 6.92 Å². The standard InChI is InChI=1S/C34H46O20S/c1-12-10-48-33(7-16(12)49-29(44)13-2-4-14(37)5-3-13)32(45)34(46)20(38)6-15-19(11-55(47)27(15)28(34)54-33)52-31-26(24(42)22(40)18(9-36)51-31)53-30-25(43)23(41)21(39)17(8-35)50-30/h2-5,12,15-28,30-31,35-43,46H,6-11H2,1H3. The largest absolute Gasteiger partial charge is 0.508 e. The number of rotatable bonds is 8. The minimum atomic E-state index is -2.60. The van der Waals surface area contributed by atoms with Gasteiger partial charge in [0, 0.05) is 29.1 Å². The van der Waals surface area contributed by atoms with Crippen molar-refractivity contribution in [3.8, 4) is 5.75 Å². The molecular weight excluding hydrogens is 760 g/mol. The normalized spacial score (nSPS) is 49.7. The van der Waals surface area contributed by atoms with Crippen LogP contribution < -0.4 is 0 Å². The second-order valence-corrected chi connectivity index (χ2v) is 16.7. The van der Waals surface area contributed by atoms with Gasteiger partial charge in [0.05, 0.1) is 48.6 Å². The lowest BCUT2D eigenvalue weighted by Crippen LogP contribution is -2.66. The van der Waals surface area contributed by atoms with Crippen molar-refractivity contribution >= 4 is 22.6 Å². The number of phenolic OH excluding ortho intramolecular Hbond substituents is 1. The first-order valence-electron chi connectivity index (χ1n) is 17.9. The van der Waals surface area contributed by atoms with Crippen LogP contribution in [0, 0.1) is 11.8 Å². The van der Waals surface area contributed by atoms with E-state index in [0.29, 0.717) is 0 Å². The monoisotopic (exact) mass is 806 g/mol. The number of fused-ring (bicyclic) bond motifs is 3. The summed E-state index contributed by atoms with van der Waals surface area (Å²) in [6.45, 7) is -0.0435. The Morgan fingerprint density at radius 2 is 1.53 bits per heavy atom. The third-order valence-corrected chi connectivity index (χ3v) is 13.5. The van der Waals surface area contributed by atoms with E-state index in [2.05, 4.69) is 0 Å². The van der Waals surface area contributed by atoms with Crippen LogP contribution in [0.3, 0.4) is 0 Å². The average Bonchev–Trinajstić information content (AvgIpc) is 3.58. The van der Waals surface area contributed by atoms with Crippen LogP contribution in [-0.4, -0.2) is 195 Å². The quantitative estimate of drug-likeness (QED) is 0.110. The molecule has 0 radical (unpaired) electrons. The summed E-state index contributed by atoms with van der Waals surface area (Å²) >= 11 is 0. The van der Waals surface area contributed by atoms with E-state index in [1.165, 1.54) is 24.3 Å². The number of hydrogen-bond donors (Lipinski definition) is 10. The summed E-state index contributed by atoms with van der Waals surface area (Å²) < 4.78 is 54.8. The van der Waals surface area contributed by atoms with Crippen molar-refractivity contribution in [3.05, 3.63) is 29.8 Å². The lowest BCUT2D eigenvalue weighted by Gasteiger charge is -2.47. The molecule has 20 nitrogen and oxygen atoms in total. The molecule has 20 unspecified atom stereocenters.